The summed E-state index contributed by atoms with van der Waals surface area (Å²) in [4.78, 5) is 19.3. The van der Waals surface area contributed by atoms with Crippen molar-refractivity contribution in [3.05, 3.63) is 47.6 Å². The Bertz CT molecular complexity index is 708. The number of nitrogen functional groups attached to an aromatic ring is 1. The third-order valence-electron chi connectivity index (χ3n) is 3.20. The van der Waals surface area contributed by atoms with Gasteiger partial charge in [-0.15, -0.1) is 24.5 Å². The number of pyridine rings is 1. The van der Waals surface area contributed by atoms with E-state index in [9.17, 15) is 4.79 Å². The first-order chi connectivity index (χ1) is 9.99. The van der Waals surface area contributed by atoms with Gasteiger partial charge in [-0.1, -0.05) is 12.2 Å². The molecule has 0 aromatic carbocycles. The normalized spacial score (nSPS) is 10.6. The highest BCUT2D eigenvalue weighted by atomic mass is 32.1. The van der Waals surface area contributed by atoms with Gasteiger partial charge in [0, 0.05) is 34.6 Å². The summed E-state index contributed by atoms with van der Waals surface area (Å²) in [5.74, 6) is -0.0921. The van der Waals surface area contributed by atoms with Crippen molar-refractivity contribution in [3.63, 3.8) is 0 Å². The Kier molecular flexibility index (Phi) is 4.43. The van der Waals surface area contributed by atoms with Gasteiger partial charge < -0.3 is 10.6 Å². The van der Waals surface area contributed by atoms with Gasteiger partial charge in [-0.3, -0.25) is 9.78 Å². The van der Waals surface area contributed by atoms with Crippen molar-refractivity contribution in [3.8, 4) is 0 Å². The minimum atomic E-state index is -0.0921. The van der Waals surface area contributed by atoms with E-state index in [1.807, 2.05) is 19.9 Å². The monoisotopic (exact) mass is 301 g/mol. The van der Waals surface area contributed by atoms with E-state index in [1.165, 1.54) is 11.3 Å². The van der Waals surface area contributed by atoms with Crippen LogP contribution < -0.4 is 5.73 Å². The lowest BCUT2D eigenvalue weighted by Crippen LogP contribution is -2.31. The molecule has 2 N–H and O–H groups in total. The second kappa shape index (κ2) is 6.10. The number of carbonyl (C=O) groups excluding carboxylic acids is 1. The maximum absolute atomic E-state index is 12.7. The number of carbonyl (C=O) groups is 1. The van der Waals surface area contributed by atoms with E-state index in [1.54, 1.807) is 17.1 Å². The molecule has 0 atom stereocenters. The molecule has 0 aliphatic carbocycles. The average Bonchev–Trinajstić information content (AvgIpc) is 2.74. The van der Waals surface area contributed by atoms with Crippen molar-refractivity contribution in [1.82, 2.24) is 9.88 Å². The van der Waals surface area contributed by atoms with Crippen molar-refractivity contribution in [2.24, 2.45) is 0 Å². The fraction of sp³-hybridized carbons (Fsp3) is 0.250. The van der Waals surface area contributed by atoms with Gasteiger partial charge in [-0.25, -0.2) is 0 Å². The Hall–Kier alpha value is -2.14. The van der Waals surface area contributed by atoms with Crippen LogP contribution >= 0.6 is 11.3 Å². The van der Waals surface area contributed by atoms with Crippen LogP contribution in [0.2, 0.25) is 0 Å². The Morgan fingerprint density at radius 1 is 1.38 bits per heavy atom. The minimum Gasteiger partial charge on any atom is -0.397 e. The molecule has 0 saturated heterocycles. The predicted octanol–water partition coefficient (Wildman–Crippen LogP) is 3.31. The molecule has 2 aromatic rings. The largest absolute Gasteiger partial charge is 0.397 e. The maximum atomic E-state index is 12.7. The molecule has 1 amide bonds. The van der Waals surface area contributed by atoms with Gasteiger partial charge in [0.2, 0.25) is 0 Å². The lowest BCUT2D eigenvalue weighted by atomic mass is 10.2. The van der Waals surface area contributed by atoms with Crippen LogP contribution in [0.5, 0.6) is 0 Å². The van der Waals surface area contributed by atoms with E-state index in [0.717, 1.165) is 21.5 Å². The van der Waals surface area contributed by atoms with Crippen LogP contribution in [0.15, 0.2) is 31.4 Å². The number of amides is 1. The zero-order chi connectivity index (χ0) is 15.6. The number of thiophene rings is 1. The van der Waals surface area contributed by atoms with Crippen LogP contribution in [0.3, 0.4) is 0 Å². The van der Waals surface area contributed by atoms with Crippen molar-refractivity contribution in [2.75, 3.05) is 18.8 Å². The first kappa shape index (κ1) is 15.3. The fourth-order valence-corrected chi connectivity index (χ4v) is 3.57. The summed E-state index contributed by atoms with van der Waals surface area (Å²) in [5.41, 5.74) is 8.49. The Morgan fingerprint density at radius 3 is 2.57 bits per heavy atom. The summed E-state index contributed by atoms with van der Waals surface area (Å²) in [7, 11) is 0. The Balaban J connectivity index is 2.53. The van der Waals surface area contributed by atoms with E-state index in [0.29, 0.717) is 23.7 Å². The summed E-state index contributed by atoms with van der Waals surface area (Å²) < 4.78 is 0.998. The second-order valence-corrected chi connectivity index (χ2v) is 5.91. The Morgan fingerprint density at radius 2 is 2.00 bits per heavy atom. The van der Waals surface area contributed by atoms with E-state index >= 15 is 0 Å². The molecule has 0 bridgehead atoms. The maximum Gasteiger partial charge on any atom is 0.266 e. The van der Waals surface area contributed by atoms with Crippen molar-refractivity contribution in [1.29, 1.82) is 0 Å². The highest BCUT2D eigenvalue weighted by molar-refractivity contribution is 7.21. The first-order valence-electron chi connectivity index (χ1n) is 6.66. The topological polar surface area (TPSA) is 59.2 Å². The number of anilines is 1. The molecule has 0 aliphatic heterocycles. The fourth-order valence-electron chi connectivity index (χ4n) is 2.33. The number of rotatable bonds is 5. The SMILES string of the molecule is C=CCN(CC=C)C(=O)c1sc2cc(C)nc(C)c2c1N. The van der Waals surface area contributed by atoms with Gasteiger partial charge >= 0.3 is 0 Å². The lowest BCUT2D eigenvalue weighted by molar-refractivity contribution is 0.0796. The van der Waals surface area contributed by atoms with Crippen molar-refractivity contribution < 1.29 is 4.79 Å². The van der Waals surface area contributed by atoms with Crippen LogP contribution in [-0.4, -0.2) is 28.9 Å². The quantitative estimate of drug-likeness (QED) is 0.862. The predicted molar refractivity (Wildman–Crippen MR) is 89.8 cm³/mol. The molecule has 0 fully saturated rings. The van der Waals surface area contributed by atoms with Gasteiger partial charge in [0.15, 0.2) is 0 Å². The summed E-state index contributed by atoms with van der Waals surface area (Å²) >= 11 is 1.42. The van der Waals surface area contributed by atoms with E-state index in [2.05, 4.69) is 18.1 Å². The molecule has 4 nitrogen and oxygen atoms in total. The van der Waals surface area contributed by atoms with E-state index in [-0.39, 0.29) is 5.91 Å². The highest BCUT2D eigenvalue weighted by Crippen LogP contribution is 2.36. The number of aryl methyl sites for hydroxylation is 2. The van der Waals surface area contributed by atoms with Crippen molar-refractivity contribution in [2.45, 2.75) is 13.8 Å². The number of nitrogens with zero attached hydrogens (tertiary/aromatic N) is 2. The molecule has 21 heavy (non-hydrogen) atoms. The third-order valence-corrected chi connectivity index (χ3v) is 4.34. The molecule has 0 saturated carbocycles. The van der Waals surface area contributed by atoms with Gasteiger partial charge in [0.05, 0.1) is 5.69 Å². The Labute approximate surface area is 128 Å². The molecule has 2 aromatic heterocycles. The average molecular weight is 301 g/mol. The molecule has 2 rings (SSSR count). The number of hydrogen-bond donors (Lipinski definition) is 1. The smallest absolute Gasteiger partial charge is 0.266 e. The summed E-state index contributed by atoms with van der Waals surface area (Å²) in [6.07, 6.45) is 3.39. The van der Waals surface area contributed by atoms with Crippen LogP contribution in [0.4, 0.5) is 5.69 Å². The van der Waals surface area contributed by atoms with E-state index in [4.69, 9.17) is 5.73 Å². The van der Waals surface area contributed by atoms with Crippen LogP contribution in [0.1, 0.15) is 21.1 Å². The molecule has 2 heterocycles. The number of fused-ring (bicyclic) bond motifs is 1. The summed E-state index contributed by atoms with van der Waals surface area (Å²) in [6.45, 7) is 12.2. The second-order valence-electron chi connectivity index (χ2n) is 4.85. The molecule has 0 radical (unpaired) electrons. The van der Waals surface area contributed by atoms with Crippen LogP contribution in [0, 0.1) is 13.8 Å². The van der Waals surface area contributed by atoms with Gasteiger partial charge in [-0.2, -0.15) is 0 Å². The molecule has 0 aliphatic rings. The molecule has 0 unspecified atom stereocenters. The van der Waals surface area contributed by atoms with Crippen LogP contribution in [0.25, 0.3) is 10.1 Å². The minimum absolute atomic E-state index is 0.0921. The standard InChI is InChI=1S/C16H19N3OS/c1-5-7-19(8-6-2)16(20)15-14(17)13-11(4)18-10(3)9-12(13)21-15/h5-6,9H,1-2,7-8,17H2,3-4H3. The van der Waals surface area contributed by atoms with Gasteiger partial charge in [-0.05, 0) is 19.9 Å². The third kappa shape index (κ3) is 2.83. The molecular weight excluding hydrogens is 282 g/mol. The van der Waals surface area contributed by atoms with Crippen LogP contribution in [-0.2, 0) is 0 Å². The van der Waals surface area contributed by atoms with E-state index < -0.39 is 0 Å². The molecular formula is C16H19N3OS. The highest BCUT2D eigenvalue weighted by Gasteiger charge is 2.22. The number of hydrogen-bond acceptors (Lipinski definition) is 4. The number of nitrogens with two attached hydrogens (primary N) is 1. The molecule has 5 heteroatoms. The lowest BCUT2D eigenvalue weighted by Gasteiger charge is -2.18. The molecule has 110 valence electrons. The zero-order valence-electron chi connectivity index (χ0n) is 12.3. The van der Waals surface area contributed by atoms with Gasteiger partial charge in [0.25, 0.3) is 5.91 Å². The molecule has 0 spiro atoms. The summed E-state index contributed by atoms with van der Waals surface area (Å²) in [6, 6.07) is 1.96. The van der Waals surface area contributed by atoms with Crippen molar-refractivity contribution >= 4 is 33.0 Å². The summed E-state index contributed by atoms with van der Waals surface area (Å²) in [5, 5.41) is 0.881. The first-order valence-corrected chi connectivity index (χ1v) is 7.48. The number of aromatic nitrogens is 1. The van der Waals surface area contributed by atoms with Gasteiger partial charge in [0.1, 0.15) is 4.88 Å². The zero-order valence-corrected chi connectivity index (χ0v) is 13.2.